The predicted octanol–water partition coefficient (Wildman–Crippen LogP) is 1.85. The van der Waals surface area contributed by atoms with Gasteiger partial charge in [0.25, 0.3) is 0 Å². The first kappa shape index (κ1) is 9.60. The molecule has 1 heterocycles. The summed E-state index contributed by atoms with van der Waals surface area (Å²) in [6.07, 6.45) is 0. The van der Waals surface area contributed by atoms with E-state index in [0.717, 1.165) is 6.07 Å². The molecule has 0 saturated carbocycles. The fourth-order valence-electron chi connectivity index (χ4n) is 0.780. The molecule has 0 aliphatic rings. The second kappa shape index (κ2) is 3.49. The summed E-state index contributed by atoms with van der Waals surface area (Å²) >= 11 is 5.47. The number of pyridine rings is 1. The number of carbonyl (C=O) groups excluding carboxylic acids is 1. The van der Waals surface area contributed by atoms with Crippen molar-refractivity contribution in [2.45, 2.75) is 6.92 Å². The summed E-state index contributed by atoms with van der Waals surface area (Å²) in [5.74, 6) is -0.704. The smallest absolute Gasteiger partial charge is 0.358 e. The van der Waals surface area contributed by atoms with Crippen molar-refractivity contribution in [3.05, 3.63) is 33.0 Å². The number of hydrogen-bond acceptors (Lipinski definition) is 4. The topological polar surface area (TPSA) is 73.1 Å². The van der Waals surface area contributed by atoms with Crippen LogP contribution in [-0.2, 0) is 0 Å². The Kier molecular flexibility index (Phi) is 2.57. The number of nitro groups is 1. The molecule has 0 radical (unpaired) electrons. The van der Waals surface area contributed by atoms with Crippen LogP contribution in [0.25, 0.3) is 0 Å². The van der Waals surface area contributed by atoms with Crippen molar-refractivity contribution in [3.63, 3.8) is 0 Å². The van der Waals surface area contributed by atoms with Gasteiger partial charge in [0.05, 0.1) is 0 Å². The molecule has 5 nitrogen and oxygen atoms in total. The highest BCUT2D eigenvalue weighted by molar-refractivity contribution is 6.29. The van der Waals surface area contributed by atoms with Crippen molar-refractivity contribution in [3.8, 4) is 0 Å². The Hall–Kier alpha value is -1.49. The number of rotatable bonds is 2. The molecule has 0 amide bonds. The van der Waals surface area contributed by atoms with E-state index >= 15 is 0 Å². The van der Waals surface area contributed by atoms with Gasteiger partial charge in [0.1, 0.15) is 0 Å². The third-order valence-corrected chi connectivity index (χ3v) is 1.57. The summed E-state index contributed by atoms with van der Waals surface area (Å²) in [5, 5.41) is 10.2. The Morgan fingerprint density at radius 3 is 2.69 bits per heavy atom. The van der Waals surface area contributed by atoms with Crippen LogP contribution in [0.5, 0.6) is 0 Å². The van der Waals surface area contributed by atoms with Gasteiger partial charge in [0, 0.05) is 17.7 Å². The Bertz CT molecular complexity index is 346. The van der Waals surface area contributed by atoms with Crippen LogP contribution in [0, 0.1) is 10.1 Å². The summed E-state index contributed by atoms with van der Waals surface area (Å²) in [5.41, 5.74) is 0.187. The fraction of sp³-hybridized carbons (Fsp3) is 0.143. The highest BCUT2D eigenvalue weighted by Crippen LogP contribution is 2.16. The van der Waals surface area contributed by atoms with Gasteiger partial charge in [-0.3, -0.25) is 4.79 Å². The Labute approximate surface area is 78.5 Å². The van der Waals surface area contributed by atoms with Gasteiger partial charge in [-0.1, -0.05) is 0 Å². The number of hydrogen-bond donors (Lipinski definition) is 0. The second-order valence-corrected chi connectivity index (χ2v) is 2.74. The Morgan fingerprint density at radius 1 is 1.62 bits per heavy atom. The van der Waals surface area contributed by atoms with Gasteiger partial charge in [-0.25, -0.2) is 0 Å². The fourth-order valence-corrected chi connectivity index (χ4v) is 0.984. The highest BCUT2D eigenvalue weighted by atomic mass is 35.5. The largest absolute Gasteiger partial charge is 0.365 e. The molecule has 0 bridgehead atoms. The van der Waals surface area contributed by atoms with Gasteiger partial charge in [-0.2, -0.15) is 0 Å². The normalized spacial score (nSPS) is 9.69. The van der Waals surface area contributed by atoms with Crippen molar-refractivity contribution in [2.24, 2.45) is 0 Å². The number of aromatic nitrogens is 1. The molecule has 0 N–H and O–H groups in total. The summed E-state index contributed by atoms with van der Waals surface area (Å²) in [4.78, 5) is 23.9. The molecule has 1 rings (SSSR count). The molecule has 0 saturated heterocycles. The molecule has 6 heteroatoms. The van der Waals surface area contributed by atoms with Gasteiger partial charge in [0.15, 0.2) is 5.78 Å². The molecule has 0 unspecified atom stereocenters. The van der Waals surface area contributed by atoms with Crippen LogP contribution in [0.2, 0.25) is 5.15 Å². The molecule has 1 aromatic heterocycles. The van der Waals surface area contributed by atoms with Crippen molar-refractivity contribution >= 4 is 23.2 Å². The second-order valence-electron chi connectivity index (χ2n) is 2.35. The maximum atomic E-state index is 10.9. The molecular formula is C7H5ClN2O3. The molecule has 68 valence electrons. The number of carbonyl (C=O) groups is 1. The lowest BCUT2D eigenvalue weighted by Gasteiger charge is -1.95. The summed E-state index contributed by atoms with van der Waals surface area (Å²) in [7, 11) is 0. The zero-order chi connectivity index (χ0) is 10.0. The maximum absolute atomic E-state index is 10.9. The summed E-state index contributed by atoms with van der Waals surface area (Å²) in [6.45, 7) is 1.30. The van der Waals surface area contributed by atoms with E-state index in [1.54, 1.807) is 0 Å². The van der Waals surface area contributed by atoms with E-state index in [1.165, 1.54) is 13.0 Å². The molecule has 0 spiro atoms. The van der Waals surface area contributed by atoms with Crippen molar-refractivity contribution in [1.82, 2.24) is 4.98 Å². The third kappa shape index (κ3) is 2.22. The maximum Gasteiger partial charge on any atom is 0.365 e. The monoisotopic (exact) mass is 200 g/mol. The van der Waals surface area contributed by atoms with Crippen LogP contribution in [0.3, 0.4) is 0 Å². The zero-order valence-corrected chi connectivity index (χ0v) is 7.41. The average molecular weight is 201 g/mol. The number of nitrogens with zero attached hydrogens (tertiary/aromatic N) is 2. The first-order valence-corrected chi connectivity index (χ1v) is 3.71. The number of ketones is 1. The lowest BCUT2D eigenvalue weighted by atomic mass is 10.2. The molecule has 0 fully saturated rings. The van der Waals surface area contributed by atoms with E-state index in [2.05, 4.69) is 4.98 Å². The SMILES string of the molecule is CC(=O)c1cc(Cl)nc([N+](=O)[O-])c1. The van der Waals surface area contributed by atoms with E-state index in [9.17, 15) is 14.9 Å². The van der Waals surface area contributed by atoms with Gasteiger partial charge < -0.3 is 10.1 Å². The van der Waals surface area contributed by atoms with E-state index in [4.69, 9.17) is 11.6 Å². The van der Waals surface area contributed by atoms with E-state index < -0.39 is 10.7 Å². The number of Topliss-reactive ketones (excluding diaryl/α,β-unsaturated/α-hetero) is 1. The van der Waals surface area contributed by atoms with Crippen LogP contribution in [0.4, 0.5) is 5.82 Å². The van der Waals surface area contributed by atoms with Gasteiger partial charge in [-0.05, 0) is 28.4 Å². The molecule has 0 aliphatic heterocycles. The first-order valence-electron chi connectivity index (χ1n) is 3.33. The average Bonchev–Trinajstić information content (AvgIpc) is 2.03. The molecule has 0 aliphatic carbocycles. The molecule has 0 atom stereocenters. The van der Waals surface area contributed by atoms with Crippen LogP contribution in [0.15, 0.2) is 12.1 Å². The Balaban J connectivity index is 3.26. The summed E-state index contributed by atoms with van der Waals surface area (Å²) in [6, 6.07) is 2.38. The van der Waals surface area contributed by atoms with Gasteiger partial charge in [0.2, 0.25) is 5.15 Å². The van der Waals surface area contributed by atoms with E-state index in [-0.39, 0.29) is 16.5 Å². The first-order chi connectivity index (χ1) is 6.00. The van der Waals surface area contributed by atoms with E-state index in [1.807, 2.05) is 0 Å². The molecule has 13 heavy (non-hydrogen) atoms. The van der Waals surface area contributed by atoms with Crippen molar-refractivity contribution in [2.75, 3.05) is 0 Å². The molecule has 0 aromatic carbocycles. The minimum Gasteiger partial charge on any atom is -0.358 e. The zero-order valence-electron chi connectivity index (χ0n) is 6.65. The van der Waals surface area contributed by atoms with Crippen molar-refractivity contribution < 1.29 is 9.72 Å². The number of halogens is 1. The third-order valence-electron chi connectivity index (χ3n) is 1.37. The van der Waals surface area contributed by atoms with Gasteiger partial charge in [-0.15, -0.1) is 0 Å². The summed E-state index contributed by atoms with van der Waals surface area (Å²) < 4.78 is 0. The standard InChI is InChI=1S/C7H5ClN2O3/c1-4(11)5-2-6(8)9-7(3-5)10(12)13/h2-3H,1H3. The predicted molar refractivity (Wildman–Crippen MR) is 45.9 cm³/mol. The van der Waals surface area contributed by atoms with E-state index in [0.29, 0.717) is 0 Å². The van der Waals surface area contributed by atoms with Crippen LogP contribution < -0.4 is 0 Å². The van der Waals surface area contributed by atoms with Gasteiger partial charge >= 0.3 is 5.82 Å². The minimum atomic E-state index is -0.696. The lowest BCUT2D eigenvalue weighted by molar-refractivity contribution is -0.389. The lowest BCUT2D eigenvalue weighted by Crippen LogP contribution is -1.98. The Morgan fingerprint density at radius 2 is 2.23 bits per heavy atom. The minimum absolute atomic E-state index is 0.0561. The van der Waals surface area contributed by atoms with Crippen LogP contribution in [0.1, 0.15) is 17.3 Å². The molecule has 1 aromatic rings. The molecular weight excluding hydrogens is 196 g/mol. The van der Waals surface area contributed by atoms with Crippen molar-refractivity contribution in [1.29, 1.82) is 0 Å². The van der Waals surface area contributed by atoms with Crippen LogP contribution in [-0.4, -0.2) is 15.7 Å². The van der Waals surface area contributed by atoms with Crippen LogP contribution >= 0.6 is 11.6 Å². The highest BCUT2D eigenvalue weighted by Gasteiger charge is 2.13. The quantitative estimate of drug-likeness (QED) is 0.316.